The topological polar surface area (TPSA) is 27.7 Å². The van der Waals surface area contributed by atoms with Gasteiger partial charge in [0.05, 0.1) is 0 Å². The Kier molecular flexibility index (Phi) is 3.50. The first-order valence-electron chi connectivity index (χ1n) is 4.40. The molecule has 1 aliphatic heterocycles. The highest BCUT2D eigenvalue weighted by molar-refractivity contribution is 4.75. The largest absolute Gasteiger partial charge is 0.356 e. The molecule has 1 heterocycles. The lowest BCUT2D eigenvalue weighted by Crippen LogP contribution is -2.22. The summed E-state index contributed by atoms with van der Waals surface area (Å²) >= 11 is 0. The molecule has 0 N–H and O–H groups in total. The van der Waals surface area contributed by atoms with Gasteiger partial charge in [0.2, 0.25) is 0 Å². The molecular formula is C9H18O3. The first-order valence-corrected chi connectivity index (χ1v) is 4.40. The van der Waals surface area contributed by atoms with Crippen molar-refractivity contribution in [1.29, 1.82) is 0 Å². The van der Waals surface area contributed by atoms with Crippen LogP contribution in [-0.4, -0.2) is 26.8 Å². The maximum atomic E-state index is 5.49. The van der Waals surface area contributed by atoms with Crippen molar-refractivity contribution in [2.75, 3.05) is 14.2 Å². The van der Waals surface area contributed by atoms with Crippen molar-refractivity contribution in [3.05, 3.63) is 0 Å². The molecule has 12 heavy (non-hydrogen) atoms. The second kappa shape index (κ2) is 4.21. The molecule has 0 bridgehead atoms. The second-order valence-electron chi connectivity index (χ2n) is 3.55. The third kappa shape index (κ3) is 1.97. The van der Waals surface area contributed by atoms with E-state index in [9.17, 15) is 0 Å². The molecule has 0 saturated carbocycles. The van der Waals surface area contributed by atoms with Gasteiger partial charge in [0, 0.05) is 26.6 Å². The fourth-order valence-corrected chi connectivity index (χ4v) is 1.61. The van der Waals surface area contributed by atoms with Gasteiger partial charge in [-0.3, -0.25) is 0 Å². The van der Waals surface area contributed by atoms with Crippen LogP contribution in [0.4, 0.5) is 0 Å². The molecule has 3 heteroatoms. The molecule has 3 atom stereocenters. The Labute approximate surface area is 74.0 Å². The van der Waals surface area contributed by atoms with Gasteiger partial charge >= 0.3 is 0 Å². The Balaban J connectivity index is 2.50. The first-order chi connectivity index (χ1) is 5.69. The van der Waals surface area contributed by atoms with Crippen molar-refractivity contribution in [2.45, 2.75) is 32.8 Å². The molecule has 1 rings (SSSR count). The zero-order valence-corrected chi connectivity index (χ0v) is 8.24. The van der Waals surface area contributed by atoms with E-state index in [4.69, 9.17) is 14.2 Å². The van der Waals surface area contributed by atoms with E-state index in [0.29, 0.717) is 11.8 Å². The summed E-state index contributed by atoms with van der Waals surface area (Å²) in [6, 6.07) is 0. The van der Waals surface area contributed by atoms with Gasteiger partial charge in [0.15, 0.2) is 12.6 Å². The summed E-state index contributed by atoms with van der Waals surface area (Å²) in [6.45, 7) is 4.36. The molecule has 0 aromatic heterocycles. The van der Waals surface area contributed by atoms with E-state index in [0.717, 1.165) is 6.42 Å². The molecule has 3 unspecified atom stereocenters. The van der Waals surface area contributed by atoms with Crippen LogP contribution in [0, 0.1) is 11.8 Å². The minimum Gasteiger partial charge on any atom is -0.356 e. The fourth-order valence-electron chi connectivity index (χ4n) is 1.61. The number of ether oxygens (including phenoxy) is 3. The van der Waals surface area contributed by atoms with Crippen molar-refractivity contribution in [1.82, 2.24) is 0 Å². The van der Waals surface area contributed by atoms with Crippen molar-refractivity contribution >= 4 is 0 Å². The van der Waals surface area contributed by atoms with Crippen LogP contribution in [-0.2, 0) is 14.2 Å². The summed E-state index contributed by atoms with van der Waals surface area (Å²) in [5.74, 6) is 1.04. The normalized spacial score (nSPS) is 36.2. The smallest absolute Gasteiger partial charge is 0.163 e. The summed E-state index contributed by atoms with van der Waals surface area (Å²) in [5, 5.41) is 0. The summed E-state index contributed by atoms with van der Waals surface area (Å²) in [7, 11) is 3.35. The molecule has 1 saturated heterocycles. The lowest BCUT2D eigenvalue weighted by molar-refractivity contribution is -0.195. The summed E-state index contributed by atoms with van der Waals surface area (Å²) in [4.78, 5) is 0. The molecule has 0 radical (unpaired) electrons. The summed E-state index contributed by atoms with van der Waals surface area (Å²) in [5.41, 5.74) is 0. The van der Waals surface area contributed by atoms with Crippen molar-refractivity contribution in [3.8, 4) is 0 Å². The highest BCUT2D eigenvalue weighted by Crippen LogP contribution is 2.32. The van der Waals surface area contributed by atoms with Crippen molar-refractivity contribution < 1.29 is 14.2 Å². The van der Waals surface area contributed by atoms with Gasteiger partial charge in [-0.1, -0.05) is 13.8 Å². The average Bonchev–Trinajstić information content (AvgIpc) is 2.47. The van der Waals surface area contributed by atoms with E-state index in [1.165, 1.54) is 0 Å². The molecular weight excluding hydrogens is 156 g/mol. The van der Waals surface area contributed by atoms with E-state index in [2.05, 4.69) is 13.8 Å². The van der Waals surface area contributed by atoms with Gasteiger partial charge in [0.1, 0.15) is 0 Å². The minimum atomic E-state index is -0.0880. The predicted octanol–water partition coefficient (Wildman–Crippen LogP) is 1.62. The second-order valence-corrected chi connectivity index (χ2v) is 3.55. The quantitative estimate of drug-likeness (QED) is 0.650. The van der Waals surface area contributed by atoms with E-state index >= 15 is 0 Å². The Morgan fingerprint density at radius 2 is 1.92 bits per heavy atom. The average molecular weight is 174 g/mol. The Morgan fingerprint density at radius 1 is 1.25 bits per heavy atom. The molecule has 72 valence electrons. The predicted molar refractivity (Wildman–Crippen MR) is 45.6 cm³/mol. The van der Waals surface area contributed by atoms with Crippen molar-refractivity contribution in [3.63, 3.8) is 0 Å². The van der Waals surface area contributed by atoms with Gasteiger partial charge in [-0.25, -0.2) is 0 Å². The molecule has 0 aromatic rings. The lowest BCUT2D eigenvalue weighted by atomic mass is 9.94. The third-order valence-corrected chi connectivity index (χ3v) is 2.45. The standard InChI is InChI=1S/C9H18O3/c1-6(2)7-5-8(10-3)12-9(7)11-4/h6-9H,5H2,1-4H3. The SMILES string of the molecule is COC1CC(C(C)C)C(OC)O1. The van der Waals surface area contributed by atoms with Gasteiger partial charge in [-0.15, -0.1) is 0 Å². The zero-order valence-electron chi connectivity index (χ0n) is 8.24. The van der Waals surface area contributed by atoms with Crippen LogP contribution in [0.5, 0.6) is 0 Å². The highest BCUT2D eigenvalue weighted by atomic mass is 16.8. The summed E-state index contributed by atoms with van der Waals surface area (Å²) < 4.78 is 15.8. The monoisotopic (exact) mass is 174 g/mol. The Bertz CT molecular complexity index is 136. The number of rotatable bonds is 3. The van der Waals surface area contributed by atoms with Crippen LogP contribution in [0.3, 0.4) is 0 Å². The van der Waals surface area contributed by atoms with Gasteiger partial charge in [0.25, 0.3) is 0 Å². The van der Waals surface area contributed by atoms with E-state index in [-0.39, 0.29) is 12.6 Å². The van der Waals surface area contributed by atoms with E-state index in [1.807, 2.05) is 0 Å². The van der Waals surface area contributed by atoms with Crippen LogP contribution in [0.1, 0.15) is 20.3 Å². The van der Waals surface area contributed by atoms with Gasteiger partial charge in [-0.2, -0.15) is 0 Å². The van der Waals surface area contributed by atoms with Gasteiger partial charge in [-0.05, 0) is 5.92 Å². The lowest BCUT2D eigenvalue weighted by Gasteiger charge is -2.19. The molecule has 3 nitrogen and oxygen atoms in total. The minimum absolute atomic E-state index is 0.0812. The van der Waals surface area contributed by atoms with Crippen LogP contribution < -0.4 is 0 Å². The van der Waals surface area contributed by atoms with E-state index in [1.54, 1.807) is 14.2 Å². The molecule has 1 aliphatic rings. The van der Waals surface area contributed by atoms with Gasteiger partial charge < -0.3 is 14.2 Å². The first kappa shape index (κ1) is 9.96. The fraction of sp³-hybridized carbons (Fsp3) is 1.00. The third-order valence-electron chi connectivity index (χ3n) is 2.45. The van der Waals surface area contributed by atoms with Crippen LogP contribution in [0.2, 0.25) is 0 Å². The molecule has 0 aromatic carbocycles. The van der Waals surface area contributed by atoms with Crippen LogP contribution >= 0.6 is 0 Å². The van der Waals surface area contributed by atoms with Crippen molar-refractivity contribution in [2.24, 2.45) is 11.8 Å². The zero-order chi connectivity index (χ0) is 9.14. The Morgan fingerprint density at radius 3 is 2.25 bits per heavy atom. The Hall–Kier alpha value is -0.120. The molecule has 0 aliphatic carbocycles. The molecule has 0 amide bonds. The maximum absolute atomic E-state index is 5.49. The highest BCUT2D eigenvalue weighted by Gasteiger charge is 2.36. The van der Waals surface area contributed by atoms with E-state index < -0.39 is 0 Å². The van der Waals surface area contributed by atoms with Crippen LogP contribution in [0.15, 0.2) is 0 Å². The summed E-state index contributed by atoms with van der Waals surface area (Å²) in [6.07, 6.45) is 0.768. The maximum Gasteiger partial charge on any atom is 0.163 e. The molecule has 0 spiro atoms. The molecule has 1 fully saturated rings. The number of hydrogen-bond donors (Lipinski definition) is 0. The number of methoxy groups -OCH3 is 2. The van der Waals surface area contributed by atoms with Crippen LogP contribution in [0.25, 0.3) is 0 Å². The number of hydrogen-bond acceptors (Lipinski definition) is 3.